The van der Waals surface area contributed by atoms with Crippen molar-refractivity contribution < 1.29 is 23.2 Å². The third kappa shape index (κ3) is 3.27. The van der Waals surface area contributed by atoms with Gasteiger partial charge in [-0.1, -0.05) is 0 Å². The second kappa shape index (κ2) is 8.00. The minimum atomic E-state index is -0.736. The molecule has 0 fully saturated rings. The molecule has 0 spiro atoms. The second-order valence-corrected chi connectivity index (χ2v) is 9.56. The van der Waals surface area contributed by atoms with Crippen LogP contribution in [0.3, 0.4) is 0 Å². The van der Waals surface area contributed by atoms with Crippen molar-refractivity contribution >= 4 is 24.8 Å². The van der Waals surface area contributed by atoms with Gasteiger partial charge in [0.2, 0.25) is 0 Å². The summed E-state index contributed by atoms with van der Waals surface area (Å²) in [5.41, 5.74) is 8.95. The van der Waals surface area contributed by atoms with Crippen molar-refractivity contribution in [3.8, 4) is 11.1 Å². The average molecular weight is 435 g/mol. The molecular formula is C21H20Cl2Zr. The third-order valence-corrected chi connectivity index (χ3v) is 8.56. The molecule has 0 saturated carbocycles. The summed E-state index contributed by atoms with van der Waals surface area (Å²) in [4.78, 5) is 0. The van der Waals surface area contributed by atoms with Crippen molar-refractivity contribution in [1.29, 1.82) is 0 Å². The van der Waals surface area contributed by atoms with Crippen LogP contribution >= 0.6 is 24.8 Å². The average Bonchev–Trinajstić information content (AvgIpc) is 3.12. The fraction of sp³-hybridized carbons (Fsp3) is 0.143. The summed E-state index contributed by atoms with van der Waals surface area (Å²) >= 11 is -0.736. The van der Waals surface area contributed by atoms with Gasteiger partial charge in [0.15, 0.2) is 0 Å². The minimum Gasteiger partial charge on any atom is -0.147 e. The molecule has 0 saturated heterocycles. The number of hydrogen-bond acceptors (Lipinski definition) is 0. The SMILES string of the molecule is CC(C)=C1C=CC=[C]1[Zr][CH]1c2ccccc2-c2ccccc21.Cl.Cl. The smallest absolute Gasteiger partial charge is 0.147 e. The molecule has 2 aliphatic rings. The summed E-state index contributed by atoms with van der Waals surface area (Å²) < 4.78 is 2.29. The summed E-state index contributed by atoms with van der Waals surface area (Å²) in [5, 5.41) is 0. The number of allylic oxidation sites excluding steroid dienone is 6. The second-order valence-electron chi connectivity index (χ2n) is 6.10. The molecule has 4 rings (SSSR count). The molecule has 0 bridgehead atoms. The van der Waals surface area contributed by atoms with Crippen molar-refractivity contribution in [3.63, 3.8) is 0 Å². The van der Waals surface area contributed by atoms with E-state index in [2.05, 4.69) is 80.6 Å². The maximum atomic E-state index is 2.36. The van der Waals surface area contributed by atoms with Crippen molar-refractivity contribution in [3.05, 3.63) is 92.3 Å². The fourth-order valence-corrected chi connectivity index (χ4v) is 7.89. The van der Waals surface area contributed by atoms with Gasteiger partial charge in [0.05, 0.1) is 0 Å². The zero-order chi connectivity index (χ0) is 15.1. The number of benzene rings is 2. The maximum Gasteiger partial charge on any atom is -0.147 e. The van der Waals surface area contributed by atoms with Crippen LogP contribution in [0.2, 0.25) is 0 Å². The molecule has 0 radical (unpaired) electrons. The van der Waals surface area contributed by atoms with Crippen LogP contribution in [0, 0.1) is 0 Å². The number of hydrogen-bond donors (Lipinski definition) is 0. The molecule has 0 atom stereocenters. The molecule has 0 unspecified atom stereocenters. The van der Waals surface area contributed by atoms with Crippen molar-refractivity contribution in [2.75, 3.05) is 0 Å². The van der Waals surface area contributed by atoms with E-state index >= 15 is 0 Å². The Kier molecular flexibility index (Phi) is 6.48. The van der Waals surface area contributed by atoms with E-state index in [1.54, 1.807) is 14.4 Å². The summed E-state index contributed by atoms with van der Waals surface area (Å²) in [6, 6.07) is 18.0. The molecule has 0 N–H and O–H groups in total. The molecule has 0 aliphatic heterocycles. The Morgan fingerprint density at radius 3 is 1.92 bits per heavy atom. The summed E-state index contributed by atoms with van der Waals surface area (Å²) in [7, 11) is 0. The Morgan fingerprint density at radius 1 is 0.833 bits per heavy atom. The van der Waals surface area contributed by atoms with E-state index in [0.717, 1.165) is 0 Å². The van der Waals surface area contributed by atoms with Gasteiger partial charge >= 0.3 is 144 Å². The Hall–Kier alpha value is -0.877. The molecule has 122 valence electrons. The van der Waals surface area contributed by atoms with Gasteiger partial charge in [-0.15, -0.1) is 24.8 Å². The molecule has 3 heteroatoms. The van der Waals surface area contributed by atoms with E-state index in [0.29, 0.717) is 3.63 Å². The first kappa shape index (κ1) is 19.4. The molecule has 2 aromatic carbocycles. The Balaban J connectivity index is 0.00000104. The Morgan fingerprint density at radius 2 is 1.38 bits per heavy atom. The van der Waals surface area contributed by atoms with Crippen molar-refractivity contribution in [1.82, 2.24) is 0 Å². The first-order valence-electron chi connectivity index (χ1n) is 7.76. The van der Waals surface area contributed by atoms with Gasteiger partial charge in [-0.2, -0.15) is 0 Å². The summed E-state index contributed by atoms with van der Waals surface area (Å²) in [6.07, 6.45) is 6.88. The van der Waals surface area contributed by atoms with Gasteiger partial charge in [0, 0.05) is 0 Å². The van der Waals surface area contributed by atoms with Gasteiger partial charge in [0.1, 0.15) is 0 Å². The van der Waals surface area contributed by atoms with E-state index in [1.807, 2.05) is 0 Å². The third-order valence-electron chi connectivity index (χ3n) is 4.49. The van der Waals surface area contributed by atoms with Gasteiger partial charge in [-0.3, -0.25) is 0 Å². The monoisotopic (exact) mass is 432 g/mol. The normalized spacial score (nSPS) is 14.2. The largest absolute Gasteiger partial charge is 0.147 e. The van der Waals surface area contributed by atoms with E-state index in [1.165, 1.54) is 22.3 Å². The fourth-order valence-electron chi connectivity index (χ4n) is 3.45. The maximum absolute atomic E-state index is 2.36. The zero-order valence-electron chi connectivity index (χ0n) is 13.7. The van der Waals surface area contributed by atoms with Crippen LogP contribution in [0.15, 0.2) is 81.2 Å². The summed E-state index contributed by atoms with van der Waals surface area (Å²) in [5.74, 6) is 0. The molecule has 24 heavy (non-hydrogen) atoms. The van der Waals surface area contributed by atoms with Crippen molar-refractivity contribution in [2.24, 2.45) is 0 Å². The van der Waals surface area contributed by atoms with Gasteiger partial charge < -0.3 is 0 Å². The van der Waals surface area contributed by atoms with E-state index < -0.39 is 23.2 Å². The number of fused-ring (bicyclic) bond motifs is 3. The molecule has 0 amide bonds. The predicted octanol–water partition coefficient (Wildman–Crippen LogP) is 6.47. The molecule has 0 aromatic heterocycles. The molecule has 0 heterocycles. The van der Waals surface area contributed by atoms with Gasteiger partial charge in [-0.05, 0) is 0 Å². The quantitative estimate of drug-likeness (QED) is 0.508. The predicted molar refractivity (Wildman–Crippen MR) is 104 cm³/mol. The number of halogens is 2. The van der Waals surface area contributed by atoms with E-state index in [9.17, 15) is 0 Å². The van der Waals surface area contributed by atoms with Crippen LogP contribution in [0.1, 0.15) is 28.6 Å². The Labute approximate surface area is 168 Å². The minimum absolute atomic E-state index is 0. The van der Waals surface area contributed by atoms with Crippen LogP contribution in [0.4, 0.5) is 0 Å². The first-order valence-corrected chi connectivity index (χ1v) is 10.4. The molecular weight excluding hydrogens is 414 g/mol. The zero-order valence-corrected chi connectivity index (χ0v) is 17.8. The summed E-state index contributed by atoms with van der Waals surface area (Å²) in [6.45, 7) is 4.46. The first-order chi connectivity index (χ1) is 10.8. The van der Waals surface area contributed by atoms with E-state index in [4.69, 9.17) is 0 Å². The molecule has 0 nitrogen and oxygen atoms in total. The van der Waals surface area contributed by atoms with Crippen LogP contribution in [0.5, 0.6) is 0 Å². The molecule has 2 aromatic rings. The van der Waals surface area contributed by atoms with Crippen LogP contribution < -0.4 is 0 Å². The molecule has 2 aliphatic carbocycles. The van der Waals surface area contributed by atoms with Gasteiger partial charge in [0.25, 0.3) is 0 Å². The topological polar surface area (TPSA) is 0 Å². The van der Waals surface area contributed by atoms with Crippen LogP contribution in [0.25, 0.3) is 11.1 Å². The van der Waals surface area contributed by atoms with E-state index in [-0.39, 0.29) is 24.8 Å². The number of rotatable bonds is 2. The van der Waals surface area contributed by atoms with Crippen LogP contribution in [-0.2, 0) is 23.2 Å². The van der Waals surface area contributed by atoms with Gasteiger partial charge in [-0.25, -0.2) is 0 Å². The Bertz CT molecular complexity index is 797. The van der Waals surface area contributed by atoms with Crippen molar-refractivity contribution in [2.45, 2.75) is 17.5 Å². The standard InChI is InChI=1S/C13H9.C8H9.2ClH.Zr/c1-3-7-12-10(5-1)9-11-6-2-4-8-13(11)12;1-7(2)8-5-3-4-6-8;;;/h1-9H;3-5H,1-2H3;2*1H;. The van der Waals surface area contributed by atoms with Crippen LogP contribution in [-0.4, -0.2) is 0 Å².